The van der Waals surface area contributed by atoms with E-state index in [2.05, 4.69) is 11.0 Å². The summed E-state index contributed by atoms with van der Waals surface area (Å²) in [6.07, 6.45) is 1.84. The Labute approximate surface area is 149 Å². The molecule has 0 bridgehead atoms. The Hall–Kier alpha value is -1.79. The molecule has 0 spiro atoms. The van der Waals surface area contributed by atoms with E-state index in [-0.39, 0.29) is 5.92 Å². The van der Waals surface area contributed by atoms with Crippen LogP contribution in [0.5, 0.6) is 11.5 Å². The first-order valence-electron chi connectivity index (χ1n) is 9.01. The van der Waals surface area contributed by atoms with Crippen LogP contribution in [0.15, 0.2) is 18.2 Å². The minimum absolute atomic E-state index is 0.154. The highest BCUT2D eigenvalue weighted by Crippen LogP contribution is 2.32. The van der Waals surface area contributed by atoms with Crippen molar-refractivity contribution in [1.29, 1.82) is 0 Å². The number of amides is 1. The predicted molar refractivity (Wildman–Crippen MR) is 94.9 cm³/mol. The molecule has 2 saturated heterocycles. The van der Waals surface area contributed by atoms with Gasteiger partial charge in [0.1, 0.15) is 0 Å². The molecule has 138 valence electrons. The summed E-state index contributed by atoms with van der Waals surface area (Å²) in [6.45, 7) is 5.49. The number of carbonyl (C=O) groups is 1. The van der Waals surface area contributed by atoms with Crippen molar-refractivity contribution in [3.8, 4) is 11.5 Å². The maximum Gasteiger partial charge on any atom is 0.225 e. The molecule has 1 aromatic carbocycles. The minimum atomic E-state index is 0.154. The van der Waals surface area contributed by atoms with E-state index in [4.69, 9.17) is 14.2 Å². The van der Waals surface area contributed by atoms with Gasteiger partial charge in [0.2, 0.25) is 5.91 Å². The van der Waals surface area contributed by atoms with E-state index in [1.165, 1.54) is 0 Å². The van der Waals surface area contributed by atoms with Gasteiger partial charge in [0.15, 0.2) is 11.5 Å². The van der Waals surface area contributed by atoms with Gasteiger partial charge >= 0.3 is 0 Å². The Bertz CT molecular complexity index is 579. The fourth-order valence-electron chi connectivity index (χ4n) is 3.70. The smallest absolute Gasteiger partial charge is 0.225 e. The van der Waals surface area contributed by atoms with Gasteiger partial charge in [0.25, 0.3) is 0 Å². The van der Waals surface area contributed by atoms with E-state index in [0.29, 0.717) is 19.1 Å². The number of morpholine rings is 1. The molecule has 0 N–H and O–H groups in total. The van der Waals surface area contributed by atoms with Gasteiger partial charge < -0.3 is 19.1 Å². The zero-order chi connectivity index (χ0) is 17.6. The molecule has 3 rings (SSSR count). The molecule has 0 aromatic heterocycles. The number of methoxy groups -OCH3 is 2. The van der Waals surface area contributed by atoms with E-state index in [1.807, 2.05) is 17.0 Å². The first kappa shape index (κ1) is 18.0. The topological polar surface area (TPSA) is 51.2 Å². The number of likely N-dealkylation sites (tertiary alicyclic amines) is 1. The van der Waals surface area contributed by atoms with Crippen LogP contribution in [-0.2, 0) is 16.1 Å². The Morgan fingerprint density at radius 2 is 1.84 bits per heavy atom. The summed E-state index contributed by atoms with van der Waals surface area (Å²) in [5.41, 5.74) is 1.12. The largest absolute Gasteiger partial charge is 0.493 e. The van der Waals surface area contributed by atoms with Gasteiger partial charge in [-0.3, -0.25) is 9.69 Å². The number of piperidine rings is 1. The number of benzene rings is 1. The summed E-state index contributed by atoms with van der Waals surface area (Å²) >= 11 is 0. The lowest BCUT2D eigenvalue weighted by atomic mass is 9.94. The van der Waals surface area contributed by atoms with Crippen LogP contribution in [-0.4, -0.2) is 69.3 Å². The highest BCUT2D eigenvalue weighted by atomic mass is 16.5. The van der Waals surface area contributed by atoms with E-state index >= 15 is 0 Å². The van der Waals surface area contributed by atoms with Crippen LogP contribution in [0.25, 0.3) is 0 Å². The van der Waals surface area contributed by atoms with Crippen LogP contribution in [0, 0.1) is 5.92 Å². The standard InChI is InChI=1S/C19H28N2O4/c1-23-17-5-3-4-16(18(17)24-2)14-20-8-6-15(7-9-20)19(22)21-10-12-25-13-11-21/h3-5,15H,6-14H2,1-2H3. The number of ether oxygens (including phenoxy) is 3. The lowest BCUT2D eigenvalue weighted by molar-refractivity contribution is -0.141. The highest BCUT2D eigenvalue weighted by molar-refractivity contribution is 5.79. The number of rotatable bonds is 5. The molecule has 0 saturated carbocycles. The first-order valence-corrected chi connectivity index (χ1v) is 9.01. The van der Waals surface area contributed by atoms with Crippen molar-refractivity contribution >= 4 is 5.91 Å². The third-order valence-electron chi connectivity index (χ3n) is 5.14. The van der Waals surface area contributed by atoms with Crippen LogP contribution in [0.3, 0.4) is 0 Å². The van der Waals surface area contributed by atoms with Crippen LogP contribution < -0.4 is 9.47 Å². The molecule has 2 fully saturated rings. The summed E-state index contributed by atoms with van der Waals surface area (Å²) in [6, 6.07) is 5.98. The van der Waals surface area contributed by atoms with Gasteiger partial charge in [-0.25, -0.2) is 0 Å². The number of hydrogen-bond donors (Lipinski definition) is 0. The van der Waals surface area contributed by atoms with Gasteiger partial charge in [-0.1, -0.05) is 12.1 Å². The second-order valence-corrected chi connectivity index (χ2v) is 6.64. The molecule has 0 atom stereocenters. The van der Waals surface area contributed by atoms with Crippen molar-refractivity contribution in [2.45, 2.75) is 19.4 Å². The summed E-state index contributed by atoms with van der Waals surface area (Å²) < 4.78 is 16.2. The molecule has 25 heavy (non-hydrogen) atoms. The molecule has 0 aliphatic carbocycles. The lowest BCUT2D eigenvalue weighted by Gasteiger charge is -2.35. The molecule has 2 aliphatic heterocycles. The van der Waals surface area contributed by atoms with E-state index in [0.717, 1.165) is 62.6 Å². The Morgan fingerprint density at radius 3 is 2.48 bits per heavy atom. The zero-order valence-electron chi connectivity index (χ0n) is 15.2. The Kier molecular flexibility index (Phi) is 6.15. The molecule has 6 heteroatoms. The van der Waals surface area contributed by atoms with Gasteiger partial charge in [0, 0.05) is 31.1 Å². The number of para-hydroxylation sites is 1. The number of hydrogen-bond acceptors (Lipinski definition) is 5. The quantitative estimate of drug-likeness (QED) is 0.812. The number of carbonyl (C=O) groups excluding carboxylic acids is 1. The molecule has 0 unspecified atom stereocenters. The van der Waals surface area contributed by atoms with E-state index in [1.54, 1.807) is 14.2 Å². The molecular formula is C19H28N2O4. The molecule has 6 nitrogen and oxygen atoms in total. The molecule has 1 amide bonds. The van der Waals surface area contributed by atoms with Crippen molar-refractivity contribution < 1.29 is 19.0 Å². The summed E-state index contributed by atoms with van der Waals surface area (Å²) in [7, 11) is 3.33. The van der Waals surface area contributed by atoms with Crippen LogP contribution >= 0.6 is 0 Å². The zero-order valence-corrected chi connectivity index (χ0v) is 15.2. The van der Waals surface area contributed by atoms with E-state index in [9.17, 15) is 4.79 Å². The maximum absolute atomic E-state index is 12.6. The van der Waals surface area contributed by atoms with Crippen molar-refractivity contribution in [3.63, 3.8) is 0 Å². The fraction of sp³-hybridized carbons (Fsp3) is 0.632. The normalized spacial score (nSPS) is 19.7. The fourth-order valence-corrected chi connectivity index (χ4v) is 3.70. The average molecular weight is 348 g/mol. The summed E-state index contributed by atoms with van der Waals surface area (Å²) in [4.78, 5) is 17.0. The third-order valence-corrected chi connectivity index (χ3v) is 5.14. The van der Waals surface area contributed by atoms with Crippen LogP contribution in [0.2, 0.25) is 0 Å². The Morgan fingerprint density at radius 1 is 1.12 bits per heavy atom. The van der Waals surface area contributed by atoms with Gasteiger partial charge in [0.05, 0.1) is 27.4 Å². The second-order valence-electron chi connectivity index (χ2n) is 6.64. The molecule has 2 aliphatic rings. The number of nitrogens with zero attached hydrogens (tertiary/aromatic N) is 2. The first-order chi connectivity index (χ1) is 12.2. The molecule has 2 heterocycles. The molecule has 0 radical (unpaired) electrons. The lowest BCUT2D eigenvalue weighted by Crippen LogP contribution is -2.46. The maximum atomic E-state index is 12.6. The van der Waals surface area contributed by atoms with Crippen molar-refractivity contribution in [1.82, 2.24) is 9.80 Å². The van der Waals surface area contributed by atoms with Gasteiger partial charge in [-0.2, -0.15) is 0 Å². The van der Waals surface area contributed by atoms with Gasteiger partial charge in [-0.05, 0) is 32.0 Å². The second kappa shape index (κ2) is 8.54. The minimum Gasteiger partial charge on any atom is -0.493 e. The van der Waals surface area contributed by atoms with Gasteiger partial charge in [-0.15, -0.1) is 0 Å². The SMILES string of the molecule is COc1cccc(CN2CCC(C(=O)N3CCOCC3)CC2)c1OC. The molecular weight excluding hydrogens is 320 g/mol. The van der Waals surface area contributed by atoms with Crippen molar-refractivity contribution in [2.24, 2.45) is 5.92 Å². The summed E-state index contributed by atoms with van der Waals surface area (Å²) in [5.74, 6) is 2.03. The van der Waals surface area contributed by atoms with Crippen molar-refractivity contribution in [2.75, 3.05) is 53.6 Å². The van der Waals surface area contributed by atoms with Crippen LogP contribution in [0.4, 0.5) is 0 Å². The average Bonchev–Trinajstić information content (AvgIpc) is 2.68. The predicted octanol–water partition coefficient (Wildman–Crippen LogP) is 1.77. The summed E-state index contributed by atoms with van der Waals surface area (Å²) in [5, 5.41) is 0. The monoisotopic (exact) mass is 348 g/mol. The molecule has 1 aromatic rings. The highest BCUT2D eigenvalue weighted by Gasteiger charge is 2.29. The van der Waals surface area contributed by atoms with Crippen molar-refractivity contribution in [3.05, 3.63) is 23.8 Å². The third kappa shape index (κ3) is 4.25. The van der Waals surface area contributed by atoms with E-state index < -0.39 is 0 Å². The van der Waals surface area contributed by atoms with Crippen LogP contribution in [0.1, 0.15) is 18.4 Å². The Balaban J connectivity index is 1.55.